The zero-order chi connectivity index (χ0) is 20.4. The van der Waals surface area contributed by atoms with Gasteiger partial charge in [0.2, 0.25) is 0 Å². The minimum Gasteiger partial charge on any atom is -0.487 e. The van der Waals surface area contributed by atoms with Gasteiger partial charge in [-0.25, -0.2) is 4.79 Å². The Morgan fingerprint density at radius 2 is 1.76 bits per heavy atom. The van der Waals surface area contributed by atoms with Gasteiger partial charge in [-0.3, -0.25) is 0 Å². The number of esters is 1. The molecule has 1 unspecified atom stereocenters. The average molecular weight is 392 g/mol. The Bertz CT molecular complexity index is 975. The summed E-state index contributed by atoms with van der Waals surface area (Å²) >= 11 is 0. The summed E-state index contributed by atoms with van der Waals surface area (Å²) in [7, 11) is 1.39. The van der Waals surface area contributed by atoms with Crippen LogP contribution in [0.3, 0.4) is 0 Å². The van der Waals surface area contributed by atoms with E-state index in [0.29, 0.717) is 5.56 Å². The van der Waals surface area contributed by atoms with E-state index in [0.717, 1.165) is 35.8 Å². The van der Waals surface area contributed by atoms with Crippen molar-refractivity contribution < 1.29 is 19.4 Å². The Labute approximate surface area is 169 Å². The van der Waals surface area contributed by atoms with Crippen LogP contribution < -0.4 is 9.64 Å². The Balaban J connectivity index is 1.51. The number of hydrogen-bond acceptors (Lipinski definition) is 5. The molecular formula is C23H24N2O4. The fourth-order valence-corrected chi connectivity index (χ4v) is 3.54. The number of aliphatic hydroxyl groups excluding tert-OH is 1. The first kappa shape index (κ1) is 19.1. The van der Waals surface area contributed by atoms with E-state index < -0.39 is 6.10 Å². The molecule has 1 atom stereocenters. The van der Waals surface area contributed by atoms with Crippen LogP contribution in [-0.2, 0) is 4.74 Å². The number of rotatable bonds is 6. The van der Waals surface area contributed by atoms with Crippen molar-refractivity contribution in [2.75, 3.05) is 25.1 Å². The zero-order valence-electron chi connectivity index (χ0n) is 16.5. The number of para-hydroxylation sites is 1. The molecule has 1 aliphatic heterocycles. The first-order valence-electron chi connectivity index (χ1n) is 9.61. The molecule has 6 heteroatoms. The number of ether oxygens (including phenoxy) is 2. The predicted molar refractivity (Wildman–Crippen MR) is 111 cm³/mol. The molecule has 0 radical (unpaired) electrons. The summed E-state index contributed by atoms with van der Waals surface area (Å²) in [6.07, 6.45) is 3.41. The second-order valence-corrected chi connectivity index (χ2v) is 7.15. The van der Waals surface area contributed by atoms with Crippen molar-refractivity contribution in [2.45, 2.75) is 19.1 Å². The third kappa shape index (κ3) is 3.84. The molecule has 0 saturated carbocycles. The smallest absolute Gasteiger partial charge is 0.340 e. The van der Waals surface area contributed by atoms with Crippen molar-refractivity contribution in [2.24, 2.45) is 0 Å². The van der Waals surface area contributed by atoms with Gasteiger partial charge in [0.1, 0.15) is 11.9 Å². The van der Waals surface area contributed by atoms with Gasteiger partial charge >= 0.3 is 5.97 Å². The first-order valence-corrected chi connectivity index (χ1v) is 9.61. The van der Waals surface area contributed by atoms with Gasteiger partial charge in [-0.15, -0.1) is 0 Å². The van der Waals surface area contributed by atoms with Crippen molar-refractivity contribution in [1.82, 2.24) is 4.57 Å². The van der Waals surface area contributed by atoms with Gasteiger partial charge in [0.25, 0.3) is 0 Å². The molecule has 2 aromatic carbocycles. The molecule has 6 nitrogen and oxygen atoms in total. The van der Waals surface area contributed by atoms with Gasteiger partial charge < -0.3 is 24.0 Å². The molecule has 0 bridgehead atoms. The minimum absolute atomic E-state index is 0.0618. The number of carbonyl (C=O) groups excluding carboxylic acids is 1. The van der Waals surface area contributed by atoms with Crippen molar-refractivity contribution >= 4 is 11.7 Å². The topological polar surface area (TPSA) is 63.9 Å². The Morgan fingerprint density at radius 3 is 2.38 bits per heavy atom. The van der Waals surface area contributed by atoms with Crippen molar-refractivity contribution in [3.63, 3.8) is 0 Å². The SMILES string of the molecule is COC(=O)c1cccc(N2CC(Oc3ccc(C(C)O)cc3)C2)c1-n1cccc1. The number of benzene rings is 2. The van der Waals surface area contributed by atoms with Crippen LogP contribution in [-0.4, -0.2) is 41.9 Å². The number of hydrogen-bond donors (Lipinski definition) is 1. The maximum Gasteiger partial charge on any atom is 0.340 e. The molecule has 0 amide bonds. The maximum absolute atomic E-state index is 12.3. The number of anilines is 1. The summed E-state index contributed by atoms with van der Waals surface area (Å²) in [5.41, 5.74) is 3.17. The van der Waals surface area contributed by atoms with Gasteiger partial charge in [0.05, 0.1) is 43.2 Å². The number of nitrogens with zero attached hydrogens (tertiary/aromatic N) is 2. The standard InChI is InChI=1S/C23H24N2O4/c1-16(26)17-8-10-18(11-9-17)29-19-14-25(15-19)21-7-5-6-20(23(27)28-2)22(21)24-12-3-4-13-24/h3-13,16,19,26H,14-15H2,1-2H3. The highest BCUT2D eigenvalue weighted by Gasteiger charge is 2.32. The molecule has 3 aromatic rings. The van der Waals surface area contributed by atoms with E-state index in [1.807, 2.05) is 65.5 Å². The molecule has 1 aromatic heterocycles. The van der Waals surface area contributed by atoms with E-state index in [4.69, 9.17) is 9.47 Å². The molecule has 1 saturated heterocycles. The maximum atomic E-state index is 12.3. The largest absolute Gasteiger partial charge is 0.487 e. The molecule has 1 N–H and O–H groups in total. The summed E-state index contributed by atoms with van der Waals surface area (Å²) < 4.78 is 13.0. The number of aromatic nitrogens is 1. The lowest BCUT2D eigenvalue weighted by molar-refractivity contribution is 0.0600. The average Bonchev–Trinajstić information content (AvgIpc) is 3.24. The van der Waals surface area contributed by atoms with Crippen LogP contribution in [0.25, 0.3) is 5.69 Å². The lowest BCUT2D eigenvalue weighted by atomic mass is 10.1. The third-order valence-electron chi connectivity index (χ3n) is 5.14. The fraction of sp³-hybridized carbons (Fsp3) is 0.261. The molecule has 0 aliphatic carbocycles. The molecule has 150 valence electrons. The summed E-state index contributed by atoms with van der Waals surface area (Å²) in [5, 5.41) is 9.62. The third-order valence-corrected chi connectivity index (χ3v) is 5.14. The molecule has 2 heterocycles. The predicted octanol–water partition coefficient (Wildman–Crippen LogP) is 3.58. The van der Waals surface area contributed by atoms with E-state index in [1.54, 1.807) is 13.0 Å². The van der Waals surface area contributed by atoms with Crippen LogP contribution in [0, 0.1) is 0 Å². The van der Waals surface area contributed by atoms with Gasteiger partial charge in [0.15, 0.2) is 0 Å². The van der Waals surface area contributed by atoms with Gasteiger partial charge in [-0.2, -0.15) is 0 Å². The van der Waals surface area contributed by atoms with Crippen molar-refractivity contribution in [3.05, 3.63) is 78.1 Å². The summed E-state index contributed by atoms with van der Waals surface area (Å²) in [6, 6.07) is 17.0. The lowest BCUT2D eigenvalue weighted by Crippen LogP contribution is -2.54. The second-order valence-electron chi connectivity index (χ2n) is 7.15. The van der Waals surface area contributed by atoms with Gasteiger partial charge in [-0.1, -0.05) is 18.2 Å². The van der Waals surface area contributed by atoms with Crippen molar-refractivity contribution in [3.8, 4) is 11.4 Å². The van der Waals surface area contributed by atoms with Crippen LogP contribution in [0.1, 0.15) is 28.9 Å². The second kappa shape index (κ2) is 8.01. The molecular weight excluding hydrogens is 368 g/mol. The van der Waals surface area contributed by atoms with Gasteiger partial charge in [0, 0.05) is 12.4 Å². The van der Waals surface area contributed by atoms with Crippen LogP contribution in [0.4, 0.5) is 5.69 Å². The quantitative estimate of drug-likeness (QED) is 0.650. The highest BCUT2D eigenvalue weighted by atomic mass is 16.5. The Morgan fingerprint density at radius 1 is 1.07 bits per heavy atom. The van der Waals surface area contributed by atoms with Crippen molar-refractivity contribution in [1.29, 1.82) is 0 Å². The minimum atomic E-state index is -0.488. The van der Waals surface area contributed by atoms with Crippen LogP contribution in [0.2, 0.25) is 0 Å². The van der Waals surface area contributed by atoms with E-state index in [1.165, 1.54) is 7.11 Å². The first-order chi connectivity index (χ1) is 14.1. The van der Waals surface area contributed by atoms with Crippen LogP contribution in [0.15, 0.2) is 67.0 Å². The monoisotopic (exact) mass is 392 g/mol. The number of aliphatic hydroxyl groups is 1. The zero-order valence-corrected chi connectivity index (χ0v) is 16.5. The Kier molecular flexibility index (Phi) is 5.27. The fourth-order valence-electron chi connectivity index (χ4n) is 3.54. The normalized spacial score (nSPS) is 14.9. The molecule has 4 rings (SSSR count). The lowest BCUT2D eigenvalue weighted by Gasteiger charge is -2.41. The summed E-state index contributed by atoms with van der Waals surface area (Å²) in [4.78, 5) is 14.5. The number of methoxy groups -OCH3 is 1. The van der Waals surface area contributed by atoms with E-state index in [9.17, 15) is 9.90 Å². The van der Waals surface area contributed by atoms with E-state index in [-0.39, 0.29) is 12.1 Å². The highest BCUT2D eigenvalue weighted by molar-refractivity contribution is 5.96. The van der Waals surface area contributed by atoms with Gasteiger partial charge in [-0.05, 0) is 48.9 Å². The molecule has 1 fully saturated rings. The number of carbonyl (C=O) groups is 1. The highest BCUT2D eigenvalue weighted by Crippen LogP contribution is 2.33. The summed E-state index contributed by atoms with van der Waals surface area (Å²) in [6.45, 7) is 3.18. The molecule has 1 aliphatic rings. The van der Waals surface area contributed by atoms with E-state index >= 15 is 0 Å². The summed E-state index contributed by atoms with van der Waals surface area (Å²) in [5.74, 6) is 0.426. The van der Waals surface area contributed by atoms with Crippen LogP contribution in [0.5, 0.6) is 5.75 Å². The molecule has 0 spiro atoms. The van der Waals surface area contributed by atoms with E-state index in [2.05, 4.69) is 4.90 Å². The molecule has 29 heavy (non-hydrogen) atoms. The Hall–Kier alpha value is -3.25. The van der Waals surface area contributed by atoms with Crippen LogP contribution >= 0.6 is 0 Å².